The van der Waals surface area contributed by atoms with Gasteiger partial charge >= 0.3 is 0 Å². The van der Waals surface area contributed by atoms with E-state index in [1.165, 1.54) is 0 Å². The molecule has 0 saturated carbocycles. The van der Waals surface area contributed by atoms with E-state index in [2.05, 4.69) is 0 Å². The Hall–Kier alpha value is -2.81. The van der Waals surface area contributed by atoms with Gasteiger partial charge in [-0.3, -0.25) is 4.79 Å². The van der Waals surface area contributed by atoms with E-state index in [9.17, 15) is 4.79 Å². The van der Waals surface area contributed by atoms with Gasteiger partial charge in [0, 0.05) is 10.9 Å². The molecule has 0 amide bonds. The van der Waals surface area contributed by atoms with E-state index in [1.807, 2.05) is 42.5 Å². The highest BCUT2D eigenvalue weighted by atomic mass is 16.5. The third-order valence-electron chi connectivity index (χ3n) is 3.80. The molecule has 0 bridgehead atoms. The van der Waals surface area contributed by atoms with Gasteiger partial charge in [0.1, 0.15) is 11.5 Å². The Kier molecular flexibility index (Phi) is 4.29. The molecule has 0 spiro atoms. The van der Waals surface area contributed by atoms with E-state index in [0.29, 0.717) is 5.56 Å². The molecule has 0 aliphatic carbocycles. The summed E-state index contributed by atoms with van der Waals surface area (Å²) in [6, 6.07) is 20.9. The van der Waals surface area contributed by atoms with E-state index in [1.54, 1.807) is 38.3 Å². The van der Waals surface area contributed by atoms with Crippen LogP contribution in [0, 0.1) is 0 Å². The maximum absolute atomic E-state index is 12.5. The topological polar surface area (TPSA) is 35.5 Å². The number of methoxy groups -OCH3 is 1. The van der Waals surface area contributed by atoms with Crippen molar-refractivity contribution in [2.45, 2.75) is 13.0 Å². The molecule has 23 heavy (non-hydrogen) atoms. The summed E-state index contributed by atoms with van der Waals surface area (Å²) in [6.45, 7) is 1.77. The van der Waals surface area contributed by atoms with Crippen LogP contribution < -0.4 is 9.47 Å². The maximum Gasteiger partial charge on any atom is 0.202 e. The average molecular weight is 306 g/mol. The number of ether oxygens (including phenoxy) is 2. The van der Waals surface area contributed by atoms with Crippen LogP contribution in [0.5, 0.6) is 11.5 Å². The summed E-state index contributed by atoms with van der Waals surface area (Å²) in [4.78, 5) is 12.5. The van der Waals surface area contributed by atoms with Crippen molar-refractivity contribution in [1.29, 1.82) is 0 Å². The van der Waals surface area contributed by atoms with Crippen molar-refractivity contribution in [2.24, 2.45) is 0 Å². The molecule has 0 aliphatic heterocycles. The fourth-order valence-corrected chi connectivity index (χ4v) is 2.53. The van der Waals surface area contributed by atoms with E-state index in [0.717, 1.165) is 22.3 Å². The van der Waals surface area contributed by atoms with Crippen LogP contribution in [0.25, 0.3) is 10.8 Å². The smallest absolute Gasteiger partial charge is 0.202 e. The average Bonchev–Trinajstić information content (AvgIpc) is 2.61. The van der Waals surface area contributed by atoms with Crippen molar-refractivity contribution in [3.8, 4) is 11.5 Å². The van der Waals surface area contributed by atoms with E-state index < -0.39 is 6.10 Å². The molecule has 3 aromatic rings. The van der Waals surface area contributed by atoms with Crippen molar-refractivity contribution in [3.63, 3.8) is 0 Å². The van der Waals surface area contributed by atoms with Gasteiger partial charge in [0.25, 0.3) is 0 Å². The molecule has 3 aromatic carbocycles. The Morgan fingerprint density at radius 2 is 1.61 bits per heavy atom. The monoisotopic (exact) mass is 306 g/mol. The summed E-state index contributed by atoms with van der Waals surface area (Å²) in [5.41, 5.74) is 0.610. The first-order chi connectivity index (χ1) is 11.2. The van der Waals surface area contributed by atoms with Crippen molar-refractivity contribution in [3.05, 3.63) is 72.3 Å². The van der Waals surface area contributed by atoms with Crippen LogP contribution in [0.15, 0.2) is 66.7 Å². The van der Waals surface area contributed by atoms with Gasteiger partial charge in [-0.15, -0.1) is 0 Å². The van der Waals surface area contributed by atoms with Gasteiger partial charge in [0.15, 0.2) is 6.10 Å². The minimum Gasteiger partial charge on any atom is -0.497 e. The number of rotatable bonds is 5. The molecule has 0 aliphatic rings. The number of hydrogen-bond acceptors (Lipinski definition) is 3. The second kappa shape index (κ2) is 6.53. The second-order valence-electron chi connectivity index (χ2n) is 5.33. The van der Waals surface area contributed by atoms with Crippen LogP contribution in [0.1, 0.15) is 17.3 Å². The summed E-state index contributed by atoms with van der Waals surface area (Å²) < 4.78 is 11.0. The number of benzene rings is 3. The first-order valence-corrected chi connectivity index (χ1v) is 7.52. The minimum atomic E-state index is -0.561. The molecule has 3 heteroatoms. The molecule has 0 fully saturated rings. The number of hydrogen-bond donors (Lipinski definition) is 0. The minimum absolute atomic E-state index is 0.0550. The van der Waals surface area contributed by atoms with Gasteiger partial charge < -0.3 is 9.47 Å². The van der Waals surface area contributed by atoms with Crippen LogP contribution in [-0.2, 0) is 0 Å². The fraction of sp³-hybridized carbons (Fsp3) is 0.150. The van der Waals surface area contributed by atoms with E-state index in [-0.39, 0.29) is 5.78 Å². The molecular formula is C20H18O3. The van der Waals surface area contributed by atoms with Gasteiger partial charge in [-0.05, 0) is 42.6 Å². The summed E-state index contributed by atoms with van der Waals surface area (Å²) in [5, 5.41) is 2.10. The Morgan fingerprint density at radius 3 is 2.35 bits per heavy atom. The molecule has 0 heterocycles. The molecule has 0 N–H and O–H groups in total. The fourth-order valence-electron chi connectivity index (χ4n) is 2.53. The Labute approximate surface area is 135 Å². The number of fused-ring (bicyclic) bond motifs is 1. The molecule has 1 atom stereocenters. The second-order valence-corrected chi connectivity index (χ2v) is 5.33. The zero-order valence-electron chi connectivity index (χ0n) is 13.2. The van der Waals surface area contributed by atoms with Crippen LogP contribution >= 0.6 is 0 Å². The lowest BCUT2D eigenvalue weighted by molar-refractivity contribution is 0.0820. The lowest BCUT2D eigenvalue weighted by atomic mass is 10.1. The van der Waals surface area contributed by atoms with Crippen molar-refractivity contribution in [1.82, 2.24) is 0 Å². The maximum atomic E-state index is 12.5. The molecule has 0 aromatic heterocycles. The largest absolute Gasteiger partial charge is 0.497 e. The summed E-state index contributed by atoms with van der Waals surface area (Å²) in [6.07, 6.45) is -0.561. The highest BCUT2D eigenvalue weighted by Gasteiger charge is 2.17. The Balaban J connectivity index is 1.82. The highest BCUT2D eigenvalue weighted by molar-refractivity contribution is 6.00. The SMILES string of the molecule is COc1ccc(C(=O)[C@H](C)Oc2cccc3ccccc23)cc1. The van der Waals surface area contributed by atoms with Crippen molar-refractivity contribution >= 4 is 16.6 Å². The molecule has 0 saturated heterocycles. The lowest BCUT2D eigenvalue weighted by Crippen LogP contribution is -2.23. The molecule has 3 nitrogen and oxygen atoms in total. The van der Waals surface area contributed by atoms with Gasteiger partial charge in [0.2, 0.25) is 5.78 Å². The Morgan fingerprint density at radius 1 is 0.913 bits per heavy atom. The third-order valence-corrected chi connectivity index (χ3v) is 3.80. The van der Waals surface area contributed by atoms with Crippen LogP contribution in [0.2, 0.25) is 0 Å². The number of carbonyl (C=O) groups excluding carboxylic acids is 1. The summed E-state index contributed by atoms with van der Waals surface area (Å²) in [5.74, 6) is 1.39. The highest BCUT2D eigenvalue weighted by Crippen LogP contribution is 2.26. The van der Waals surface area contributed by atoms with Gasteiger partial charge in [-0.25, -0.2) is 0 Å². The van der Waals surface area contributed by atoms with Crippen LogP contribution in [0.3, 0.4) is 0 Å². The summed E-state index contributed by atoms with van der Waals surface area (Å²) >= 11 is 0. The predicted molar refractivity (Wildman–Crippen MR) is 91.4 cm³/mol. The number of Topliss-reactive ketones (excluding diaryl/α,β-unsaturated/α-hetero) is 1. The van der Waals surface area contributed by atoms with Gasteiger partial charge in [-0.1, -0.05) is 36.4 Å². The van der Waals surface area contributed by atoms with Crippen molar-refractivity contribution in [2.75, 3.05) is 7.11 Å². The molecule has 0 radical (unpaired) electrons. The summed E-state index contributed by atoms with van der Waals surface area (Å²) in [7, 11) is 1.60. The first-order valence-electron chi connectivity index (χ1n) is 7.52. The van der Waals surface area contributed by atoms with Crippen LogP contribution in [0.4, 0.5) is 0 Å². The standard InChI is InChI=1S/C20H18O3/c1-14(20(21)16-10-12-17(22-2)13-11-16)23-19-9-5-7-15-6-3-4-8-18(15)19/h3-14H,1-2H3/t14-/m0/s1. The lowest BCUT2D eigenvalue weighted by Gasteiger charge is -2.15. The zero-order chi connectivity index (χ0) is 16.2. The van der Waals surface area contributed by atoms with Gasteiger partial charge in [0.05, 0.1) is 7.11 Å². The van der Waals surface area contributed by atoms with E-state index >= 15 is 0 Å². The van der Waals surface area contributed by atoms with Gasteiger partial charge in [-0.2, -0.15) is 0 Å². The zero-order valence-corrected chi connectivity index (χ0v) is 13.2. The Bertz CT molecular complexity index is 816. The normalized spacial score (nSPS) is 11.9. The molecule has 116 valence electrons. The van der Waals surface area contributed by atoms with Crippen LogP contribution in [-0.4, -0.2) is 19.0 Å². The van der Waals surface area contributed by atoms with E-state index in [4.69, 9.17) is 9.47 Å². The number of carbonyl (C=O) groups is 1. The first kappa shape index (κ1) is 15.1. The predicted octanol–water partition coefficient (Wildman–Crippen LogP) is 4.50. The third kappa shape index (κ3) is 3.19. The molecule has 0 unspecified atom stereocenters. The number of ketones is 1. The quantitative estimate of drug-likeness (QED) is 0.651. The molecular weight excluding hydrogens is 288 g/mol. The van der Waals surface area contributed by atoms with Crippen molar-refractivity contribution < 1.29 is 14.3 Å². The molecule has 3 rings (SSSR count).